The fraction of sp³-hybridized carbons (Fsp3) is 0.111. The van der Waals surface area contributed by atoms with Gasteiger partial charge in [0.25, 0.3) is 0 Å². The van der Waals surface area contributed by atoms with Crippen molar-refractivity contribution < 1.29 is 9.90 Å². The number of aromatic nitrogens is 1. The summed E-state index contributed by atoms with van der Waals surface area (Å²) in [4.78, 5) is 17.4. The number of anilines is 1. The highest BCUT2D eigenvalue weighted by atomic mass is 35.5. The van der Waals surface area contributed by atoms with E-state index >= 15 is 0 Å². The van der Waals surface area contributed by atoms with Crippen molar-refractivity contribution in [1.29, 1.82) is 0 Å². The van der Waals surface area contributed by atoms with E-state index in [-0.39, 0.29) is 12.4 Å². The van der Waals surface area contributed by atoms with Gasteiger partial charge in [-0.1, -0.05) is 35.9 Å². The maximum atomic E-state index is 11.5. The minimum atomic E-state index is -0.439. The molecule has 3 rings (SSSR count). The molecule has 122 valence electrons. The number of nitrogens with zero attached hydrogens (tertiary/aromatic N) is 2. The summed E-state index contributed by atoms with van der Waals surface area (Å²) in [5.74, 6) is -0.488. The van der Waals surface area contributed by atoms with Crippen molar-refractivity contribution in [3.8, 4) is 5.88 Å². The van der Waals surface area contributed by atoms with Crippen LogP contribution < -0.4 is 10.6 Å². The van der Waals surface area contributed by atoms with Gasteiger partial charge in [0.15, 0.2) is 0 Å². The zero-order valence-corrected chi connectivity index (χ0v) is 13.6. The molecule has 3 aromatic rings. The van der Waals surface area contributed by atoms with Crippen molar-refractivity contribution in [3.63, 3.8) is 0 Å². The van der Waals surface area contributed by atoms with Gasteiger partial charge in [-0.3, -0.25) is 4.79 Å². The van der Waals surface area contributed by atoms with E-state index in [4.69, 9.17) is 17.3 Å². The fourth-order valence-corrected chi connectivity index (χ4v) is 2.75. The van der Waals surface area contributed by atoms with Crippen molar-refractivity contribution in [2.45, 2.75) is 6.54 Å². The quantitative estimate of drug-likeness (QED) is 0.747. The first-order chi connectivity index (χ1) is 11.5. The molecular weight excluding hydrogens is 326 g/mol. The zero-order valence-electron chi connectivity index (χ0n) is 12.8. The van der Waals surface area contributed by atoms with E-state index in [1.807, 2.05) is 41.3 Å². The molecule has 0 aliphatic carbocycles. The van der Waals surface area contributed by atoms with Crippen molar-refractivity contribution in [2.24, 2.45) is 5.73 Å². The maximum absolute atomic E-state index is 11.5. The van der Waals surface area contributed by atoms with Crippen LogP contribution in [-0.2, 0) is 11.3 Å². The molecule has 5 nitrogen and oxygen atoms in total. The van der Waals surface area contributed by atoms with Crippen molar-refractivity contribution in [2.75, 3.05) is 11.4 Å². The molecule has 3 N–H and O–H groups in total. The minimum absolute atomic E-state index is 0.0489. The Kier molecular flexibility index (Phi) is 4.53. The van der Waals surface area contributed by atoms with Crippen LogP contribution in [0.3, 0.4) is 0 Å². The van der Waals surface area contributed by atoms with Gasteiger partial charge in [0.1, 0.15) is 0 Å². The Labute approximate surface area is 144 Å². The van der Waals surface area contributed by atoms with Crippen molar-refractivity contribution in [3.05, 3.63) is 65.2 Å². The van der Waals surface area contributed by atoms with Gasteiger partial charge in [-0.25, -0.2) is 4.98 Å². The van der Waals surface area contributed by atoms with Gasteiger partial charge >= 0.3 is 0 Å². The molecule has 0 saturated heterocycles. The molecule has 0 unspecified atom stereocenters. The van der Waals surface area contributed by atoms with Gasteiger partial charge in [-0.2, -0.15) is 0 Å². The molecule has 0 saturated carbocycles. The van der Waals surface area contributed by atoms with Gasteiger partial charge in [0.05, 0.1) is 12.1 Å². The van der Waals surface area contributed by atoms with E-state index < -0.39 is 5.91 Å². The average molecular weight is 342 g/mol. The number of hydrogen-bond donors (Lipinski definition) is 2. The number of pyridine rings is 1. The fourth-order valence-electron chi connectivity index (χ4n) is 2.55. The predicted octanol–water partition coefficient (Wildman–Crippen LogP) is 3.09. The van der Waals surface area contributed by atoms with Crippen LogP contribution in [-0.4, -0.2) is 22.5 Å². The largest absolute Gasteiger partial charge is 0.493 e. The average Bonchev–Trinajstić information content (AvgIpc) is 2.55. The molecule has 24 heavy (non-hydrogen) atoms. The first-order valence-corrected chi connectivity index (χ1v) is 7.77. The van der Waals surface area contributed by atoms with Gasteiger partial charge in [-0.05, 0) is 29.8 Å². The summed E-state index contributed by atoms with van der Waals surface area (Å²) in [6.07, 6.45) is 0. The summed E-state index contributed by atoms with van der Waals surface area (Å²) in [6, 6.07) is 16.4. The topological polar surface area (TPSA) is 79.5 Å². The first-order valence-electron chi connectivity index (χ1n) is 7.39. The predicted molar refractivity (Wildman–Crippen MR) is 95.1 cm³/mol. The van der Waals surface area contributed by atoms with Gasteiger partial charge in [0, 0.05) is 28.7 Å². The number of carbonyl (C=O) groups is 1. The molecule has 1 aromatic heterocycles. The Hall–Kier alpha value is -2.79. The monoisotopic (exact) mass is 341 g/mol. The van der Waals surface area contributed by atoms with Crippen LogP contribution in [0.1, 0.15) is 5.56 Å². The third-order valence-electron chi connectivity index (χ3n) is 3.69. The second-order valence-electron chi connectivity index (χ2n) is 5.46. The highest BCUT2D eigenvalue weighted by Crippen LogP contribution is 2.25. The number of primary amides is 1. The Balaban J connectivity index is 1.99. The minimum Gasteiger partial charge on any atom is -0.493 e. The molecule has 6 heteroatoms. The van der Waals surface area contributed by atoms with E-state index in [1.165, 1.54) is 6.07 Å². The molecule has 0 fully saturated rings. The second-order valence-corrected chi connectivity index (χ2v) is 5.87. The smallest absolute Gasteiger partial charge is 0.236 e. The van der Waals surface area contributed by atoms with E-state index in [0.717, 1.165) is 16.6 Å². The number of aromatic hydroxyl groups is 1. The number of halogens is 1. The summed E-state index contributed by atoms with van der Waals surface area (Å²) in [5.41, 5.74) is 7.70. The van der Waals surface area contributed by atoms with Crippen LogP contribution in [0.25, 0.3) is 10.9 Å². The van der Waals surface area contributed by atoms with Crippen LogP contribution in [0.15, 0.2) is 54.6 Å². The normalized spacial score (nSPS) is 10.7. The van der Waals surface area contributed by atoms with Crippen LogP contribution in [0.5, 0.6) is 5.88 Å². The van der Waals surface area contributed by atoms with E-state index in [9.17, 15) is 9.90 Å². The molecular formula is C18H16ClN3O2. The standard InChI is InChI=1S/C18H16ClN3O2/c19-15-4-2-1-3-13(15)10-22(11-17(20)23)14-7-5-12-6-8-18(24)21-16(12)9-14/h1-9H,10-11H2,(H2,20,23)(H,21,24). The molecule has 2 aromatic carbocycles. The number of nitrogens with two attached hydrogens (primary N) is 1. The Morgan fingerprint density at radius 3 is 2.67 bits per heavy atom. The van der Waals surface area contributed by atoms with Gasteiger partial charge < -0.3 is 15.7 Å². The van der Waals surface area contributed by atoms with E-state index in [2.05, 4.69) is 4.98 Å². The van der Waals surface area contributed by atoms with Crippen LogP contribution in [0.2, 0.25) is 5.02 Å². The number of amides is 1. The van der Waals surface area contributed by atoms with Crippen molar-refractivity contribution >= 4 is 34.1 Å². The molecule has 1 amide bonds. The van der Waals surface area contributed by atoms with E-state index in [0.29, 0.717) is 17.1 Å². The Bertz CT molecular complexity index is 898. The molecule has 0 aliphatic rings. The third kappa shape index (κ3) is 3.58. The molecule has 1 heterocycles. The number of hydrogen-bond acceptors (Lipinski definition) is 4. The lowest BCUT2D eigenvalue weighted by Gasteiger charge is -2.24. The van der Waals surface area contributed by atoms with Crippen LogP contribution >= 0.6 is 11.6 Å². The number of carbonyl (C=O) groups excluding carboxylic acids is 1. The van der Waals surface area contributed by atoms with E-state index in [1.54, 1.807) is 12.1 Å². The summed E-state index contributed by atoms with van der Waals surface area (Å²) in [7, 11) is 0. The Morgan fingerprint density at radius 2 is 1.92 bits per heavy atom. The Morgan fingerprint density at radius 1 is 1.17 bits per heavy atom. The molecule has 0 spiro atoms. The maximum Gasteiger partial charge on any atom is 0.236 e. The summed E-state index contributed by atoms with van der Waals surface area (Å²) in [5, 5.41) is 11.1. The SMILES string of the molecule is NC(=O)CN(Cc1ccccc1Cl)c1ccc2ccc(O)nc2c1. The van der Waals surface area contributed by atoms with Crippen LogP contribution in [0.4, 0.5) is 5.69 Å². The first kappa shape index (κ1) is 16.1. The molecule has 0 radical (unpaired) electrons. The lowest BCUT2D eigenvalue weighted by atomic mass is 10.1. The highest BCUT2D eigenvalue weighted by Gasteiger charge is 2.13. The number of rotatable bonds is 5. The highest BCUT2D eigenvalue weighted by molar-refractivity contribution is 6.31. The lowest BCUT2D eigenvalue weighted by molar-refractivity contribution is -0.116. The summed E-state index contributed by atoms with van der Waals surface area (Å²) < 4.78 is 0. The summed E-state index contributed by atoms with van der Waals surface area (Å²) >= 11 is 6.22. The zero-order chi connectivity index (χ0) is 17.1. The third-order valence-corrected chi connectivity index (χ3v) is 4.06. The molecule has 0 atom stereocenters. The van der Waals surface area contributed by atoms with Crippen LogP contribution in [0, 0.1) is 0 Å². The van der Waals surface area contributed by atoms with Crippen molar-refractivity contribution in [1.82, 2.24) is 4.98 Å². The molecule has 0 aliphatic heterocycles. The lowest BCUT2D eigenvalue weighted by Crippen LogP contribution is -2.33. The summed E-state index contributed by atoms with van der Waals surface area (Å²) in [6.45, 7) is 0.489. The number of fused-ring (bicyclic) bond motifs is 1. The van der Waals surface area contributed by atoms with Gasteiger partial charge in [-0.15, -0.1) is 0 Å². The second kappa shape index (κ2) is 6.76. The number of benzene rings is 2. The van der Waals surface area contributed by atoms with Gasteiger partial charge in [0.2, 0.25) is 11.8 Å². The molecule has 0 bridgehead atoms.